The van der Waals surface area contributed by atoms with Crippen molar-refractivity contribution in [3.05, 3.63) is 59.3 Å². The molecule has 3 aromatic rings. The van der Waals surface area contributed by atoms with Gasteiger partial charge in [0.05, 0.1) is 5.52 Å². The molecule has 0 saturated carbocycles. The number of hydrogen-bond acceptors (Lipinski definition) is 5. The molecular weight excluding hydrogens is 442 g/mol. The van der Waals surface area contributed by atoms with Crippen LogP contribution in [0.15, 0.2) is 42.5 Å². The molecule has 0 radical (unpaired) electrons. The topological polar surface area (TPSA) is 101 Å². The molecule has 0 unspecified atom stereocenters. The zero-order chi connectivity index (χ0) is 25.8. The number of alkyl carbamates (subject to hydrolysis) is 1. The molecule has 35 heavy (non-hydrogen) atoms. The number of carboxylic acid groups (broad SMARTS) is 1. The number of aromatic nitrogens is 1. The average molecular weight is 478 g/mol. The molecular formula is C28H35N3O4. The summed E-state index contributed by atoms with van der Waals surface area (Å²) in [7, 11) is 0. The number of carbonyl (C=O) groups is 2. The second kappa shape index (κ2) is 10.8. The third-order valence-electron chi connectivity index (χ3n) is 5.37. The Morgan fingerprint density at radius 1 is 1.09 bits per heavy atom. The summed E-state index contributed by atoms with van der Waals surface area (Å²) in [5.74, 6) is -0.570. The summed E-state index contributed by atoms with van der Waals surface area (Å²) in [6, 6.07) is 13.9. The molecule has 0 spiro atoms. The molecule has 7 heteroatoms. The second-order valence-electron chi connectivity index (χ2n) is 10.2. The summed E-state index contributed by atoms with van der Waals surface area (Å²) in [6.07, 6.45) is 0.263. The van der Waals surface area contributed by atoms with Gasteiger partial charge in [-0.1, -0.05) is 43.7 Å². The van der Waals surface area contributed by atoms with Gasteiger partial charge in [-0.25, -0.2) is 4.79 Å². The molecule has 7 nitrogen and oxygen atoms in total. The number of aryl methyl sites for hydroxylation is 1. The fourth-order valence-electron chi connectivity index (χ4n) is 3.91. The number of rotatable bonds is 8. The van der Waals surface area contributed by atoms with Gasteiger partial charge in [0.1, 0.15) is 12.1 Å². The number of carboxylic acids is 1. The quantitative estimate of drug-likeness (QED) is 0.372. The van der Waals surface area contributed by atoms with Gasteiger partial charge < -0.3 is 20.5 Å². The first kappa shape index (κ1) is 26.0. The van der Waals surface area contributed by atoms with Crippen molar-refractivity contribution in [1.29, 1.82) is 0 Å². The van der Waals surface area contributed by atoms with E-state index in [0.29, 0.717) is 11.6 Å². The molecule has 0 bridgehead atoms. The van der Waals surface area contributed by atoms with Gasteiger partial charge >= 0.3 is 12.1 Å². The van der Waals surface area contributed by atoms with Crippen LogP contribution in [-0.4, -0.2) is 34.3 Å². The fraction of sp³-hybridized carbons (Fsp3) is 0.393. The summed E-state index contributed by atoms with van der Waals surface area (Å²) >= 11 is 0. The zero-order valence-corrected chi connectivity index (χ0v) is 21.4. The van der Waals surface area contributed by atoms with Gasteiger partial charge in [-0.15, -0.1) is 0 Å². The maximum atomic E-state index is 12.5. The number of amides is 1. The highest BCUT2D eigenvalue weighted by molar-refractivity contribution is 5.98. The SMILES string of the molecule is Cc1ccc(-c2c(CNC(=O)OC(C)(C)C)c(CC(C)C)nc3ccc(NCC(=O)O)cc23)cc1. The number of pyridine rings is 1. The molecule has 1 amide bonds. The number of aliphatic carboxylic acids is 1. The predicted octanol–water partition coefficient (Wildman–Crippen LogP) is 5.93. The molecule has 1 heterocycles. The van der Waals surface area contributed by atoms with Crippen molar-refractivity contribution in [2.45, 2.75) is 60.1 Å². The molecule has 0 aliphatic heterocycles. The number of carbonyl (C=O) groups excluding carboxylic acids is 1. The van der Waals surface area contributed by atoms with E-state index in [1.807, 2.05) is 45.9 Å². The van der Waals surface area contributed by atoms with E-state index in [4.69, 9.17) is 14.8 Å². The minimum Gasteiger partial charge on any atom is -0.480 e. The van der Waals surface area contributed by atoms with Crippen molar-refractivity contribution in [2.75, 3.05) is 11.9 Å². The number of ether oxygens (including phenoxy) is 1. The van der Waals surface area contributed by atoms with Crippen LogP contribution in [-0.2, 0) is 22.5 Å². The molecule has 0 atom stereocenters. The van der Waals surface area contributed by atoms with Gasteiger partial charge in [0.15, 0.2) is 0 Å². The van der Waals surface area contributed by atoms with E-state index in [2.05, 4.69) is 48.7 Å². The van der Waals surface area contributed by atoms with Crippen LogP contribution in [0, 0.1) is 12.8 Å². The maximum Gasteiger partial charge on any atom is 0.407 e. The molecule has 186 valence electrons. The third-order valence-corrected chi connectivity index (χ3v) is 5.37. The van der Waals surface area contributed by atoms with Crippen LogP contribution >= 0.6 is 0 Å². The van der Waals surface area contributed by atoms with Gasteiger partial charge in [0.2, 0.25) is 0 Å². The maximum absolute atomic E-state index is 12.5. The summed E-state index contributed by atoms with van der Waals surface area (Å²) < 4.78 is 5.47. The Bertz CT molecular complexity index is 1210. The first-order chi connectivity index (χ1) is 16.4. The Morgan fingerprint density at radius 3 is 2.37 bits per heavy atom. The Kier molecular flexibility index (Phi) is 7.99. The summed E-state index contributed by atoms with van der Waals surface area (Å²) in [5.41, 5.74) is 5.88. The van der Waals surface area contributed by atoms with E-state index >= 15 is 0 Å². The lowest BCUT2D eigenvalue weighted by Gasteiger charge is -2.22. The molecule has 1 aromatic heterocycles. The lowest BCUT2D eigenvalue weighted by atomic mass is 9.91. The van der Waals surface area contributed by atoms with Gasteiger partial charge in [-0.2, -0.15) is 0 Å². The highest BCUT2D eigenvalue weighted by atomic mass is 16.6. The fourth-order valence-corrected chi connectivity index (χ4v) is 3.91. The molecule has 3 rings (SSSR count). The number of nitrogens with one attached hydrogen (secondary N) is 2. The van der Waals surface area contributed by atoms with Crippen LogP contribution in [0.5, 0.6) is 0 Å². The second-order valence-corrected chi connectivity index (χ2v) is 10.2. The van der Waals surface area contributed by atoms with Crippen LogP contribution in [0.3, 0.4) is 0 Å². The van der Waals surface area contributed by atoms with Crippen molar-refractivity contribution < 1.29 is 19.4 Å². The minimum absolute atomic E-state index is 0.183. The smallest absolute Gasteiger partial charge is 0.407 e. The normalized spacial score (nSPS) is 11.5. The first-order valence-electron chi connectivity index (χ1n) is 11.9. The first-order valence-corrected chi connectivity index (χ1v) is 11.9. The molecule has 0 aliphatic carbocycles. The summed E-state index contributed by atoms with van der Waals surface area (Å²) in [4.78, 5) is 28.6. The third kappa shape index (κ3) is 7.18. The highest BCUT2D eigenvalue weighted by Gasteiger charge is 2.21. The Hall–Kier alpha value is -3.61. The number of fused-ring (bicyclic) bond motifs is 1. The predicted molar refractivity (Wildman–Crippen MR) is 140 cm³/mol. The van der Waals surface area contributed by atoms with Crippen LogP contribution < -0.4 is 10.6 Å². The van der Waals surface area contributed by atoms with Crippen LogP contribution in [0.4, 0.5) is 10.5 Å². The van der Waals surface area contributed by atoms with E-state index < -0.39 is 17.7 Å². The lowest BCUT2D eigenvalue weighted by molar-refractivity contribution is -0.134. The van der Waals surface area contributed by atoms with Crippen LogP contribution in [0.2, 0.25) is 0 Å². The number of hydrogen-bond donors (Lipinski definition) is 3. The molecule has 3 N–H and O–H groups in total. The molecule has 0 fully saturated rings. The Balaban J connectivity index is 2.19. The van der Waals surface area contributed by atoms with Crippen molar-refractivity contribution in [1.82, 2.24) is 10.3 Å². The van der Waals surface area contributed by atoms with E-state index in [-0.39, 0.29) is 13.1 Å². The molecule has 0 aliphatic rings. The zero-order valence-electron chi connectivity index (χ0n) is 21.4. The lowest BCUT2D eigenvalue weighted by Crippen LogP contribution is -2.32. The summed E-state index contributed by atoms with van der Waals surface area (Å²) in [6.45, 7) is 11.9. The van der Waals surface area contributed by atoms with Gasteiger partial charge in [-0.3, -0.25) is 9.78 Å². The minimum atomic E-state index is -0.934. The monoisotopic (exact) mass is 477 g/mol. The number of benzene rings is 2. The van der Waals surface area contributed by atoms with Crippen molar-refractivity contribution in [2.24, 2.45) is 5.92 Å². The van der Waals surface area contributed by atoms with Crippen LogP contribution in [0.1, 0.15) is 51.4 Å². The van der Waals surface area contributed by atoms with E-state index in [0.717, 1.165) is 45.3 Å². The Labute approximate surface area is 206 Å². The van der Waals surface area contributed by atoms with Crippen LogP contribution in [0.25, 0.3) is 22.0 Å². The van der Waals surface area contributed by atoms with Gasteiger partial charge in [0.25, 0.3) is 0 Å². The largest absolute Gasteiger partial charge is 0.480 e. The standard InChI is InChI=1S/C28H35N3O4/c1-17(2)13-24-22(15-30-27(34)35-28(4,5)6)26(19-9-7-18(3)8-10-19)21-14-20(29-16-25(32)33)11-12-23(21)31-24/h7-12,14,17,29H,13,15-16H2,1-6H3,(H,30,34)(H,32,33). The van der Waals surface area contributed by atoms with Crippen molar-refractivity contribution >= 4 is 28.7 Å². The van der Waals surface area contributed by atoms with Crippen molar-refractivity contribution in [3.63, 3.8) is 0 Å². The van der Waals surface area contributed by atoms with E-state index in [1.54, 1.807) is 0 Å². The van der Waals surface area contributed by atoms with Crippen molar-refractivity contribution in [3.8, 4) is 11.1 Å². The Morgan fingerprint density at radius 2 is 1.77 bits per heavy atom. The highest BCUT2D eigenvalue weighted by Crippen LogP contribution is 2.35. The van der Waals surface area contributed by atoms with E-state index in [1.165, 1.54) is 0 Å². The average Bonchev–Trinajstić information content (AvgIpc) is 2.75. The molecule has 2 aromatic carbocycles. The van der Waals surface area contributed by atoms with E-state index in [9.17, 15) is 9.59 Å². The number of anilines is 1. The van der Waals surface area contributed by atoms with Gasteiger partial charge in [0, 0.05) is 28.9 Å². The number of nitrogens with zero attached hydrogens (tertiary/aromatic N) is 1. The molecule has 0 saturated heterocycles. The van der Waals surface area contributed by atoms with Gasteiger partial charge in [-0.05, 0) is 69.4 Å². The summed E-state index contributed by atoms with van der Waals surface area (Å²) in [5, 5.41) is 15.8.